The van der Waals surface area contributed by atoms with Gasteiger partial charge in [0.15, 0.2) is 5.78 Å². The van der Waals surface area contributed by atoms with Gasteiger partial charge in [0, 0.05) is 31.9 Å². The number of hydrogen-bond donors (Lipinski definition) is 2. The normalized spacial score (nSPS) is 23.1. The Bertz CT molecular complexity index is 1050. The van der Waals surface area contributed by atoms with Gasteiger partial charge in [-0.25, -0.2) is 0 Å². The van der Waals surface area contributed by atoms with Crippen molar-refractivity contribution in [2.24, 2.45) is 17.6 Å². The van der Waals surface area contributed by atoms with Crippen LogP contribution in [0.1, 0.15) is 75.6 Å². The lowest BCUT2D eigenvalue weighted by atomic mass is 9.84. The maximum Gasteiger partial charge on any atom is 0.251 e. The molecule has 0 spiro atoms. The van der Waals surface area contributed by atoms with E-state index in [9.17, 15) is 19.2 Å². The molecule has 2 heterocycles. The first-order chi connectivity index (χ1) is 18.6. The summed E-state index contributed by atoms with van der Waals surface area (Å²) in [5.74, 6) is -0.263. The second-order valence-corrected chi connectivity index (χ2v) is 12.2. The monoisotopic (exact) mass is 539 g/mol. The van der Waals surface area contributed by atoms with Gasteiger partial charge in [0.2, 0.25) is 11.8 Å². The van der Waals surface area contributed by atoms with Gasteiger partial charge in [-0.2, -0.15) is 0 Å². The highest BCUT2D eigenvalue weighted by molar-refractivity contribution is 6.01. The number of nitrogens with one attached hydrogen (secondary N) is 1. The number of benzene rings is 1. The Labute approximate surface area is 232 Å². The number of amides is 3. The maximum atomic E-state index is 13.8. The SMILES string of the molecule is CC(C)C[C@H](NC(=O)c1ccc(N(C)C)cc1)C(=O)N1CCC2C1C(=O)CN2C(=O)[C@@H](N)CC1CCCCC1. The van der Waals surface area contributed by atoms with E-state index in [0.717, 1.165) is 18.5 Å². The fraction of sp³-hybridized carbons (Fsp3) is 0.667. The second kappa shape index (κ2) is 12.5. The lowest BCUT2D eigenvalue weighted by Crippen LogP contribution is -2.53. The average Bonchev–Trinajstić information content (AvgIpc) is 3.49. The zero-order chi connectivity index (χ0) is 28.3. The zero-order valence-corrected chi connectivity index (χ0v) is 23.9. The van der Waals surface area contributed by atoms with Gasteiger partial charge < -0.3 is 25.8 Å². The van der Waals surface area contributed by atoms with Crippen molar-refractivity contribution in [3.63, 3.8) is 0 Å². The summed E-state index contributed by atoms with van der Waals surface area (Å²) in [7, 11) is 3.86. The molecule has 3 aliphatic rings. The fourth-order valence-electron chi connectivity index (χ4n) is 6.50. The average molecular weight is 540 g/mol. The summed E-state index contributed by atoms with van der Waals surface area (Å²) < 4.78 is 0. The molecular formula is C30H45N5O4. The first kappa shape index (κ1) is 29.1. The van der Waals surface area contributed by atoms with E-state index in [4.69, 9.17) is 5.73 Å². The van der Waals surface area contributed by atoms with Crippen LogP contribution in [0.15, 0.2) is 24.3 Å². The summed E-state index contributed by atoms with van der Waals surface area (Å²) in [5.41, 5.74) is 7.80. The number of ketones is 1. The molecule has 4 atom stereocenters. The number of likely N-dealkylation sites (tertiary alicyclic amines) is 2. The number of Topliss-reactive ketones (excluding diaryl/α,β-unsaturated/α-hetero) is 1. The quantitative estimate of drug-likeness (QED) is 0.498. The Balaban J connectivity index is 1.43. The van der Waals surface area contributed by atoms with Crippen LogP contribution >= 0.6 is 0 Å². The van der Waals surface area contributed by atoms with Crippen LogP contribution in [0.2, 0.25) is 0 Å². The predicted octanol–water partition coefficient (Wildman–Crippen LogP) is 2.58. The van der Waals surface area contributed by atoms with Gasteiger partial charge in [-0.1, -0.05) is 46.0 Å². The Morgan fingerprint density at radius 3 is 2.28 bits per heavy atom. The molecule has 0 radical (unpaired) electrons. The van der Waals surface area contributed by atoms with E-state index in [-0.39, 0.29) is 42.0 Å². The van der Waals surface area contributed by atoms with Crippen LogP contribution in [0.3, 0.4) is 0 Å². The number of nitrogens with two attached hydrogens (primary N) is 1. The highest BCUT2D eigenvalue weighted by atomic mass is 16.2. The van der Waals surface area contributed by atoms with Crippen LogP contribution in [0.25, 0.3) is 0 Å². The molecular weight excluding hydrogens is 494 g/mol. The maximum absolute atomic E-state index is 13.8. The van der Waals surface area contributed by atoms with Crippen molar-refractivity contribution < 1.29 is 19.2 Å². The van der Waals surface area contributed by atoms with Gasteiger partial charge >= 0.3 is 0 Å². The number of nitrogens with zero attached hydrogens (tertiary/aromatic N) is 3. The molecule has 3 N–H and O–H groups in total. The Morgan fingerprint density at radius 2 is 1.67 bits per heavy atom. The lowest BCUT2D eigenvalue weighted by Gasteiger charge is -2.30. The zero-order valence-electron chi connectivity index (χ0n) is 23.9. The van der Waals surface area contributed by atoms with Gasteiger partial charge in [0.05, 0.1) is 18.6 Å². The van der Waals surface area contributed by atoms with Gasteiger partial charge in [-0.05, 0) is 55.4 Å². The molecule has 0 bridgehead atoms. The van der Waals surface area contributed by atoms with Crippen molar-refractivity contribution in [3.05, 3.63) is 29.8 Å². The summed E-state index contributed by atoms with van der Waals surface area (Å²) in [6, 6.07) is 4.83. The van der Waals surface area contributed by atoms with E-state index < -0.39 is 18.1 Å². The minimum absolute atomic E-state index is 0.00422. The van der Waals surface area contributed by atoms with E-state index in [1.54, 1.807) is 21.9 Å². The first-order valence-electron chi connectivity index (χ1n) is 14.5. The molecule has 4 rings (SSSR count). The molecule has 1 aliphatic carbocycles. The molecule has 9 nitrogen and oxygen atoms in total. The largest absolute Gasteiger partial charge is 0.378 e. The number of hydrogen-bond acceptors (Lipinski definition) is 6. The van der Waals surface area contributed by atoms with E-state index in [0.29, 0.717) is 37.3 Å². The number of carbonyl (C=O) groups is 4. The molecule has 2 saturated heterocycles. The van der Waals surface area contributed by atoms with Crippen LogP contribution in [0, 0.1) is 11.8 Å². The smallest absolute Gasteiger partial charge is 0.251 e. The highest BCUT2D eigenvalue weighted by Gasteiger charge is 2.52. The van der Waals surface area contributed by atoms with E-state index in [1.165, 1.54) is 19.3 Å². The molecule has 2 unspecified atom stereocenters. The molecule has 39 heavy (non-hydrogen) atoms. The summed E-state index contributed by atoms with van der Waals surface area (Å²) in [5, 5.41) is 2.93. The van der Waals surface area contributed by atoms with Crippen LogP contribution in [-0.4, -0.2) is 84.7 Å². The van der Waals surface area contributed by atoms with Crippen LogP contribution < -0.4 is 16.0 Å². The van der Waals surface area contributed by atoms with Crippen molar-refractivity contribution in [1.82, 2.24) is 15.1 Å². The van der Waals surface area contributed by atoms with Gasteiger partial charge in [0.1, 0.15) is 12.1 Å². The van der Waals surface area contributed by atoms with Crippen LogP contribution in [0.4, 0.5) is 5.69 Å². The van der Waals surface area contributed by atoms with Gasteiger partial charge in [0.25, 0.3) is 5.91 Å². The third-order valence-electron chi connectivity index (χ3n) is 8.57. The van der Waals surface area contributed by atoms with Crippen LogP contribution in [0.5, 0.6) is 0 Å². The Morgan fingerprint density at radius 1 is 1.00 bits per heavy atom. The molecule has 2 aliphatic heterocycles. The van der Waals surface area contributed by atoms with Gasteiger partial charge in [-0.15, -0.1) is 0 Å². The van der Waals surface area contributed by atoms with Crippen molar-refractivity contribution in [1.29, 1.82) is 0 Å². The second-order valence-electron chi connectivity index (χ2n) is 12.2. The van der Waals surface area contributed by atoms with E-state index in [2.05, 4.69) is 5.32 Å². The lowest BCUT2D eigenvalue weighted by molar-refractivity contribution is -0.138. The van der Waals surface area contributed by atoms with Crippen molar-refractivity contribution in [3.8, 4) is 0 Å². The summed E-state index contributed by atoms with van der Waals surface area (Å²) in [4.78, 5) is 58.5. The topological polar surface area (TPSA) is 116 Å². The van der Waals surface area contributed by atoms with Gasteiger partial charge in [-0.3, -0.25) is 19.2 Å². The standard InChI is InChI=1S/C30H45N5O4/c1-19(2)16-24(32-28(37)21-10-12-22(13-11-21)33(3)4)30(39)34-15-14-25-27(34)26(36)18-35(25)29(38)23(31)17-20-8-6-5-7-9-20/h10-13,19-20,23-25,27H,5-9,14-18,31H2,1-4H3,(H,32,37)/t23-,24-,25?,27?/m0/s1. The van der Waals surface area contributed by atoms with Crippen molar-refractivity contribution in [2.75, 3.05) is 32.1 Å². The molecule has 214 valence electrons. The minimum Gasteiger partial charge on any atom is -0.378 e. The first-order valence-corrected chi connectivity index (χ1v) is 14.5. The number of rotatable bonds is 9. The third kappa shape index (κ3) is 6.62. The van der Waals surface area contributed by atoms with Crippen molar-refractivity contribution in [2.45, 2.75) is 89.4 Å². The van der Waals surface area contributed by atoms with Crippen molar-refractivity contribution >= 4 is 29.2 Å². The Kier molecular flexibility index (Phi) is 9.31. The molecule has 1 aromatic carbocycles. The minimum atomic E-state index is -0.754. The molecule has 3 amide bonds. The molecule has 1 aromatic rings. The summed E-state index contributed by atoms with van der Waals surface area (Å²) >= 11 is 0. The van der Waals surface area contributed by atoms with Crippen LogP contribution in [-0.2, 0) is 14.4 Å². The van der Waals surface area contributed by atoms with E-state index in [1.807, 2.05) is 45.0 Å². The number of carbonyl (C=O) groups excluding carboxylic acids is 4. The molecule has 1 saturated carbocycles. The Hall–Kier alpha value is -2.94. The molecule has 0 aromatic heterocycles. The molecule has 9 heteroatoms. The number of fused-ring (bicyclic) bond motifs is 1. The molecule has 3 fully saturated rings. The highest BCUT2D eigenvalue weighted by Crippen LogP contribution is 2.33. The number of anilines is 1. The fourth-order valence-corrected chi connectivity index (χ4v) is 6.50. The predicted molar refractivity (Wildman–Crippen MR) is 151 cm³/mol. The third-order valence-corrected chi connectivity index (χ3v) is 8.57. The summed E-state index contributed by atoms with van der Waals surface area (Å²) in [6.45, 7) is 4.37. The van der Waals surface area contributed by atoms with E-state index >= 15 is 0 Å². The summed E-state index contributed by atoms with van der Waals surface area (Å²) in [6.07, 6.45) is 7.48.